The molecule has 0 spiro atoms. The Morgan fingerprint density at radius 1 is 1.29 bits per heavy atom. The summed E-state index contributed by atoms with van der Waals surface area (Å²) in [6, 6.07) is 4.36. The number of rotatable bonds is 7. The van der Waals surface area contributed by atoms with Crippen LogP contribution in [0.2, 0.25) is 0 Å². The van der Waals surface area contributed by atoms with Gasteiger partial charge in [-0.3, -0.25) is 9.59 Å². The van der Waals surface area contributed by atoms with Crippen molar-refractivity contribution in [3.8, 4) is 11.5 Å². The van der Waals surface area contributed by atoms with Crippen LogP contribution in [-0.4, -0.2) is 36.7 Å². The number of carbonyl (C=O) groups excluding carboxylic acids is 1. The molecular weight excluding hydrogens is 274 g/mol. The van der Waals surface area contributed by atoms with E-state index in [1.807, 2.05) is 6.92 Å². The van der Waals surface area contributed by atoms with E-state index >= 15 is 0 Å². The van der Waals surface area contributed by atoms with Crippen molar-refractivity contribution in [3.63, 3.8) is 0 Å². The van der Waals surface area contributed by atoms with Crippen molar-refractivity contribution in [1.29, 1.82) is 0 Å². The second kappa shape index (κ2) is 7.52. The summed E-state index contributed by atoms with van der Waals surface area (Å²) in [6.45, 7) is 5.55. The van der Waals surface area contributed by atoms with Crippen LogP contribution in [0.25, 0.3) is 0 Å². The summed E-state index contributed by atoms with van der Waals surface area (Å²) in [5.74, 6) is -0.950. The van der Waals surface area contributed by atoms with E-state index in [1.54, 1.807) is 32.0 Å². The molecule has 0 saturated heterocycles. The Balaban J connectivity index is 2.85. The molecule has 1 aromatic rings. The number of hydrogen-bond donors (Lipinski definition) is 2. The first-order valence-electron chi connectivity index (χ1n) is 6.75. The Morgan fingerprint density at radius 3 is 2.48 bits per heavy atom. The monoisotopic (exact) mass is 295 g/mol. The van der Waals surface area contributed by atoms with Gasteiger partial charge in [0.15, 0.2) is 11.5 Å². The van der Waals surface area contributed by atoms with E-state index in [0.717, 1.165) is 0 Å². The summed E-state index contributed by atoms with van der Waals surface area (Å²) in [5.41, 5.74) is 0.389. The van der Waals surface area contributed by atoms with E-state index in [9.17, 15) is 9.59 Å². The van der Waals surface area contributed by atoms with Crippen LogP contribution >= 0.6 is 0 Å². The van der Waals surface area contributed by atoms with Crippen LogP contribution in [0, 0.1) is 5.92 Å². The number of carboxylic acid groups (broad SMARTS) is 1. The highest BCUT2D eigenvalue weighted by atomic mass is 16.5. The van der Waals surface area contributed by atoms with Crippen LogP contribution in [0.5, 0.6) is 11.5 Å². The first-order chi connectivity index (χ1) is 9.90. The summed E-state index contributed by atoms with van der Waals surface area (Å²) in [4.78, 5) is 23.0. The Kier molecular flexibility index (Phi) is 6.02. The molecule has 6 heteroatoms. The quantitative estimate of drug-likeness (QED) is 0.803. The van der Waals surface area contributed by atoms with Crippen LogP contribution in [0.1, 0.15) is 31.1 Å². The average Bonchev–Trinajstić information content (AvgIpc) is 2.46. The molecule has 6 nitrogen and oxygen atoms in total. The minimum atomic E-state index is -0.952. The number of carbonyl (C=O) groups is 2. The first kappa shape index (κ1) is 16.8. The fourth-order valence-corrected chi connectivity index (χ4v) is 1.71. The predicted octanol–water partition coefficient (Wildman–Crippen LogP) is 1.93. The van der Waals surface area contributed by atoms with Gasteiger partial charge >= 0.3 is 5.97 Å². The number of benzene rings is 1. The molecular formula is C15H21NO5. The lowest BCUT2D eigenvalue weighted by Gasteiger charge is -2.18. The molecule has 0 aromatic heterocycles. The summed E-state index contributed by atoms with van der Waals surface area (Å²) in [6.07, 6.45) is 0. The first-order valence-corrected chi connectivity index (χ1v) is 6.75. The zero-order chi connectivity index (χ0) is 16.0. The van der Waals surface area contributed by atoms with E-state index in [0.29, 0.717) is 23.7 Å². The van der Waals surface area contributed by atoms with Crippen molar-refractivity contribution in [2.45, 2.75) is 26.8 Å². The second-order valence-electron chi connectivity index (χ2n) is 4.69. The van der Waals surface area contributed by atoms with Crippen molar-refractivity contribution >= 4 is 11.9 Å². The van der Waals surface area contributed by atoms with Gasteiger partial charge in [0, 0.05) is 11.6 Å². The Labute approximate surface area is 124 Å². The molecule has 2 atom stereocenters. The van der Waals surface area contributed by atoms with Crippen molar-refractivity contribution in [2.24, 2.45) is 5.92 Å². The fourth-order valence-electron chi connectivity index (χ4n) is 1.71. The maximum Gasteiger partial charge on any atom is 0.308 e. The number of ether oxygens (including phenoxy) is 2. The molecule has 2 N–H and O–H groups in total. The Morgan fingerprint density at radius 2 is 1.95 bits per heavy atom. The number of hydrogen-bond acceptors (Lipinski definition) is 4. The van der Waals surface area contributed by atoms with E-state index < -0.39 is 17.9 Å². The van der Waals surface area contributed by atoms with Crippen molar-refractivity contribution in [3.05, 3.63) is 23.8 Å². The van der Waals surface area contributed by atoms with E-state index in [-0.39, 0.29) is 5.91 Å². The van der Waals surface area contributed by atoms with Gasteiger partial charge in [-0.05, 0) is 39.0 Å². The fraction of sp³-hybridized carbons (Fsp3) is 0.467. The highest BCUT2D eigenvalue weighted by molar-refractivity contribution is 5.95. The van der Waals surface area contributed by atoms with Crippen LogP contribution in [-0.2, 0) is 4.79 Å². The number of nitrogens with one attached hydrogen (secondary N) is 1. The van der Waals surface area contributed by atoms with E-state index in [1.165, 1.54) is 7.11 Å². The van der Waals surface area contributed by atoms with Crippen LogP contribution in [0.15, 0.2) is 18.2 Å². The third kappa shape index (κ3) is 4.37. The molecule has 0 aliphatic carbocycles. The molecule has 0 aliphatic heterocycles. The molecule has 2 unspecified atom stereocenters. The second-order valence-corrected chi connectivity index (χ2v) is 4.69. The summed E-state index contributed by atoms with van der Waals surface area (Å²) in [7, 11) is 1.49. The molecule has 1 aromatic carbocycles. The van der Waals surface area contributed by atoms with Crippen molar-refractivity contribution < 1.29 is 24.2 Å². The standard InChI is InChI=1S/C15H21NO5/c1-5-21-12-7-6-11(8-13(12)20-4)14(17)16-10(3)9(2)15(18)19/h6-10H,5H2,1-4H3,(H,16,17)(H,18,19). The van der Waals surface area contributed by atoms with Gasteiger partial charge in [0.25, 0.3) is 5.91 Å². The molecule has 0 radical (unpaired) electrons. The van der Waals surface area contributed by atoms with Gasteiger partial charge in [0.2, 0.25) is 0 Å². The zero-order valence-corrected chi connectivity index (χ0v) is 12.7. The molecule has 116 valence electrons. The average molecular weight is 295 g/mol. The zero-order valence-electron chi connectivity index (χ0n) is 12.7. The number of methoxy groups -OCH3 is 1. The lowest BCUT2D eigenvalue weighted by Crippen LogP contribution is -2.40. The van der Waals surface area contributed by atoms with Gasteiger partial charge < -0.3 is 19.9 Å². The SMILES string of the molecule is CCOc1ccc(C(=O)NC(C)C(C)C(=O)O)cc1OC. The largest absolute Gasteiger partial charge is 0.493 e. The van der Waals surface area contributed by atoms with E-state index in [2.05, 4.69) is 5.32 Å². The van der Waals surface area contributed by atoms with E-state index in [4.69, 9.17) is 14.6 Å². The predicted molar refractivity (Wildman–Crippen MR) is 77.9 cm³/mol. The summed E-state index contributed by atoms with van der Waals surface area (Å²) < 4.78 is 10.6. The van der Waals surface area contributed by atoms with Gasteiger partial charge in [0.1, 0.15) is 0 Å². The molecule has 1 rings (SSSR count). The smallest absolute Gasteiger partial charge is 0.308 e. The summed E-state index contributed by atoms with van der Waals surface area (Å²) in [5, 5.41) is 11.6. The maximum atomic E-state index is 12.1. The number of aliphatic carboxylic acids is 1. The molecule has 21 heavy (non-hydrogen) atoms. The lowest BCUT2D eigenvalue weighted by molar-refractivity contribution is -0.141. The highest BCUT2D eigenvalue weighted by Gasteiger charge is 2.22. The molecule has 1 amide bonds. The van der Waals surface area contributed by atoms with Gasteiger partial charge in [-0.25, -0.2) is 0 Å². The van der Waals surface area contributed by atoms with Gasteiger partial charge in [-0.1, -0.05) is 0 Å². The third-order valence-corrected chi connectivity index (χ3v) is 3.22. The van der Waals surface area contributed by atoms with Crippen LogP contribution in [0.3, 0.4) is 0 Å². The van der Waals surface area contributed by atoms with Crippen molar-refractivity contribution in [2.75, 3.05) is 13.7 Å². The molecule has 0 aliphatic rings. The number of carboxylic acids is 1. The van der Waals surface area contributed by atoms with Gasteiger partial charge in [-0.2, -0.15) is 0 Å². The summed E-state index contributed by atoms with van der Waals surface area (Å²) >= 11 is 0. The molecule has 0 saturated carbocycles. The highest BCUT2D eigenvalue weighted by Crippen LogP contribution is 2.28. The maximum absolute atomic E-state index is 12.1. The topological polar surface area (TPSA) is 84.9 Å². The minimum Gasteiger partial charge on any atom is -0.493 e. The molecule has 0 bridgehead atoms. The Hall–Kier alpha value is -2.24. The molecule has 0 heterocycles. The molecule has 0 fully saturated rings. The van der Waals surface area contributed by atoms with Crippen molar-refractivity contribution in [1.82, 2.24) is 5.32 Å². The lowest BCUT2D eigenvalue weighted by atomic mass is 10.0. The van der Waals surface area contributed by atoms with Crippen LogP contribution in [0.4, 0.5) is 0 Å². The number of amides is 1. The van der Waals surface area contributed by atoms with Gasteiger partial charge in [-0.15, -0.1) is 0 Å². The Bertz CT molecular complexity index is 515. The minimum absolute atomic E-state index is 0.350. The van der Waals surface area contributed by atoms with Gasteiger partial charge in [0.05, 0.1) is 19.6 Å². The van der Waals surface area contributed by atoms with Crippen LogP contribution < -0.4 is 14.8 Å². The normalized spacial score (nSPS) is 13.1. The third-order valence-electron chi connectivity index (χ3n) is 3.22.